The van der Waals surface area contributed by atoms with Crippen LogP contribution < -0.4 is 10.6 Å². The van der Waals surface area contributed by atoms with Gasteiger partial charge in [0.15, 0.2) is 0 Å². The smallest absolute Gasteiger partial charge is 0.150 e. The number of aromatic nitrogens is 2. The molecule has 0 spiro atoms. The van der Waals surface area contributed by atoms with Gasteiger partial charge in [-0.1, -0.05) is 6.42 Å². The number of anilines is 1. The Morgan fingerprint density at radius 3 is 3.05 bits per heavy atom. The van der Waals surface area contributed by atoms with Crippen molar-refractivity contribution in [3.63, 3.8) is 0 Å². The van der Waals surface area contributed by atoms with Gasteiger partial charge in [0, 0.05) is 13.1 Å². The Morgan fingerprint density at radius 1 is 1.42 bits per heavy atom. The minimum absolute atomic E-state index is 0.519. The molecule has 2 heterocycles. The van der Waals surface area contributed by atoms with E-state index in [4.69, 9.17) is 5.73 Å². The highest BCUT2D eigenvalue weighted by atomic mass is 32.1. The van der Waals surface area contributed by atoms with Crippen molar-refractivity contribution in [2.75, 3.05) is 18.5 Å². The van der Waals surface area contributed by atoms with Gasteiger partial charge in [-0.3, -0.25) is 0 Å². The summed E-state index contributed by atoms with van der Waals surface area (Å²) in [5, 5.41) is 2.16. The molecule has 0 bridgehead atoms. The lowest BCUT2D eigenvalue weighted by Crippen LogP contribution is -2.38. The van der Waals surface area contributed by atoms with Crippen molar-refractivity contribution in [3.8, 4) is 0 Å². The van der Waals surface area contributed by atoms with Crippen LogP contribution in [0.2, 0.25) is 0 Å². The molecular formula is C14H20N4S. The molecule has 0 amide bonds. The van der Waals surface area contributed by atoms with Gasteiger partial charge in [0.1, 0.15) is 12.1 Å². The molecule has 1 saturated carbocycles. The summed E-state index contributed by atoms with van der Waals surface area (Å²) in [4.78, 5) is 11.2. The molecule has 2 N–H and O–H groups in total. The summed E-state index contributed by atoms with van der Waals surface area (Å²) >= 11 is 1.74. The molecule has 5 heteroatoms. The lowest BCUT2D eigenvalue weighted by atomic mass is 10.0. The van der Waals surface area contributed by atoms with Gasteiger partial charge in [0.05, 0.1) is 10.2 Å². The second kappa shape index (κ2) is 5.06. The largest absolute Gasteiger partial charge is 0.355 e. The Morgan fingerprint density at radius 2 is 2.26 bits per heavy atom. The fourth-order valence-electron chi connectivity index (χ4n) is 3.17. The number of rotatable bonds is 3. The molecule has 1 aliphatic carbocycles. The summed E-state index contributed by atoms with van der Waals surface area (Å²) in [5.74, 6) is 1.66. The fraction of sp³-hybridized carbons (Fsp3) is 0.571. The van der Waals surface area contributed by atoms with E-state index < -0.39 is 0 Å². The average molecular weight is 276 g/mol. The lowest BCUT2D eigenvalue weighted by Gasteiger charge is -2.30. The molecule has 0 aromatic carbocycles. The van der Waals surface area contributed by atoms with Gasteiger partial charge >= 0.3 is 0 Å². The summed E-state index contributed by atoms with van der Waals surface area (Å²) < 4.78 is 1.20. The van der Waals surface area contributed by atoms with E-state index in [0.29, 0.717) is 12.0 Å². The van der Waals surface area contributed by atoms with Crippen molar-refractivity contribution < 1.29 is 0 Å². The summed E-state index contributed by atoms with van der Waals surface area (Å²) in [6, 6.07) is 0.519. The van der Waals surface area contributed by atoms with E-state index in [0.717, 1.165) is 17.9 Å². The van der Waals surface area contributed by atoms with Crippen LogP contribution >= 0.6 is 11.3 Å². The van der Waals surface area contributed by atoms with Gasteiger partial charge in [-0.25, -0.2) is 9.97 Å². The minimum atomic E-state index is 0.519. The minimum Gasteiger partial charge on any atom is -0.355 e. The molecule has 2 aromatic heterocycles. The summed E-state index contributed by atoms with van der Waals surface area (Å²) in [6.07, 6.45) is 5.41. The number of aryl methyl sites for hydroxylation is 1. The van der Waals surface area contributed by atoms with E-state index >= 15 is 0 Å². The standard InChI is InChI=1S/C14H20N4S/c1-9-7-19-13-12(9)16-8-17-14(13)18(2)11-5-3-4-10(11)6-15/h7-8,10-11H,3-6,15H2,1-2H3. The molecule has 2 aromatic rings. The van der Waals surface area contributed by atoms with Crippen molar-refractivity contribution in [3.05, 3.63) is 17.3 Å². The van der Waals surface area contributed by atoms with E-state index in [-0.39, 0.29) is 0 Å². The Bertz CT molecular complexity index is 580. The highest BCUT2D eigenvalue weighted by molar-refractivity contribution is 7.18. The van der Waals surface area contributed by atoms with Crippen molar-refractivity contribution in [1.29, 1.82) is 0 Å². The van der Waals surface area contributed by atoms with Gasteiger partial charge in [0.2, 0.25) is 0 Å². The molecule has 0 radical (unpaired) electrons. The molecular weight excluding hydrogens is 256 g/mol. The first-order valence-corrected chi connectivity index (χ1v) is 7.72. The molecule has 19 heavy (non-hydrogen) atoms. The number of nitrogens with two attached hydrogens (primary N) is 1. The van der Waals surface area contributed by atoms with E-state index in [2.05, 4.69) is 34.2 Å². The zero-order valence-corrected chi connectivity index (χ0v) is 12.3. The Labute approximate surface area is 117 Å². The zero-order chi connectivity index (χ0) is 13.4. The Balaban J connectivity index is 1.99. The summed E-state index contributed by atoms with van der Waals surface area (Å²) in [7, 11) is 2.15. The highest BCUT2D eigenvalue weighted by Crippen LogP contribution is 2.35. The normalized spacial score (nSPS) is 23.1. The fourth-order valence-corrected chi connectivity index (χ4v) is 4.20. The SMILES string of the molecule is Cc1csc2c(N(C)C3CCCC3CN)ncnc12. The van der Waals surface area contributed by atoms with Gasteiger partial charge in [0.25, 0.3) is 0 Å². The number of fused-ring (bicyclic) bond motifs is 1. The maximum atomic E-state index is 5.90. The topological polar surface area (TPSA) is 55.0 Å². The highest BCUT2D eigenvalue weighted by Gasteiger charge is 2.31. The second-order valence-corrected chi connectivity index (χ2v) is 6.28. The zero-order valence-electron chi connectivity index (χ0n) is 11.5. The molecule has 0 aliphatic heterocycles. The lowest BCUT2D eigenvalue weighted by molar-refractivity contribution is 0.473. The van der Waals surface area contributed by atoms with Crippen LogP contribution in [0.5, 0.6) is 0 Å². The van der Waals surface area contributed by atoms with Crippen LogP contribution in [-0.4, -0.2) is 29.6 Å². The van der Waals surface area contributed by atoms with Crippen LogP contribution in [0.15, 0.2) is 11.7 Å². The Kier molecular flexibility index (Phi) is 3.41. The summed E-state index contributed by atoms with van der Waals surface area (Å²) in [6.45, 7) is 2.88. The maximum Gasteiger partial charge on any atom is 0.150 e. The molecule has 1 aliphatic rings. The van der Waals surface area contributed by atoms with Gasteiger partial charge in [-0.05, 0) is 43.2 Å². The van der Waals surface area contributed by atoms with E-state index in [1.807, 2.05) is 0 Å². The first-order valence-electron chi connectivity index (χ1n) is 6.84. The average Bonchev–Trinajstić information content (AvgIpc) is 3.05. The van der Waals surface area contributed by atoms with Crippen molar-refractivity contribution in [2.24, 2.45) is 11.7 Å². The van der Waals surface area contributed by atoms with Crippen LogP contribution in [-0.2, 0) is 0 Å². The van der Waals surface area contributed by atoms with Gasteiger partial charge in [-0.15, -0.1) is 11.3 Å². The monoisotopic (exact) mass is 276 g/mol. The predicted octanol–water partition coefficient (Wildman–Crippen LogP) is 2.56. The third-order valence-corrected chi connectivity index (χ3v) is 5.35. The maximum absolute atomic E-state index is 5.90. The van der Waals surface area contributed by atoms with Crippen molar-refractivity contribution >= 4 is 27.4 Å². The van der Waals surface area contributed by atoms with Gasteiger partial charge < -0.3 is 10.6 Å². The number of hydrogen-bond donors (Lipinski definition) is 1. The van der Waals surface area contributed by atoms with E-state index in [1.54, 1.807) is 17.7 Å². The number of thiophene rings is 1. The van der Waals surface area contributed by atoms with E-state index in [1.165, 1.54) is 29.5 Å². The second-order valence-electron chi connectivity index (χ2n) is 5.40. The molecule has 1 fully saturated rings. The van der Waals surface area contributed by atoms with Crippen LogP contribution in [0.4, 0.5) is 5.82 Å². The molecule has 2 unspecified atom stereocenters. The number of nitrogens with zero attached hydrogens (tertiary/aromatic N) is 3. The van der Waals surface area contributed by atoms with Crippen LogP contribution in [0.1, 0.15) is 24.8 Å². The first-order chi connectivity index (χ1) is 9.22. The Hall–Kier alpha value is -1.20. The van der Waals surface area contributed by atoms with Crippen LogP contribution in [0.25, 0.3) is 10.2 Å². The molecule has 0 saturated heterocycles. The van der Waals surface area contributed by atoms with Crippen molar-refractivity contribution in [2.45, 2.75) is 32.2 Å². The molecule has 4 nitrogen and oxygen atoms in total. The first kappa shape index (κ1) is 12.8. The van der Waals surface area contributed by atoms with Gasteiger partial charge in [-0.2, -0.15) is 0 Å². The molecule has 2 atom stereocenters. The summed E-state index contributed by atoms with van der Waals surface area (Å²) in [5.41, 5.74) is 8.22. The number of hydrogen-bond acceptors (Lipinski definition) is 5. The third-order valence-electron chi connectivity index (χ3n) is 4.27. The van der Waals surface area contributed by atoms with Crippen LogP contribution in [0.3, 0.4) is 0 Å². The molecule has 3 rings (SSSR count). The van der Waals surface area contributed by atoms with Crippen LogP contribution in [0, 0.1) is 12.8 Å². The van der Waals surface area contributed by atoms with Crippen molar-refractivity contribution in [1.82, 2.24) is 9.97 Å². The quantitative estimate of drug-likeness (QED) is 0.936. The third kappa shape index (κ3) is 2.11. The predicted molar refractivity (Wildman–Crippen MR) is 80.7 cm³/mol. The molecule has 102 valence electrons. The van der Waals surface area contributed by atoms with E-state index in [9.17, 15) is 0 Å².